The first kappa shape index (κ1) is 21.2. The third-order valence-corrected chi connectivity index (χ3v) is 4.91. The smallest absolute Gasteiger partial charge is 0.336 e. The molecule has 27 heavy (non-hydrogen) atoms. The molecule has 146 valence electrons. The highest BCUT2D eigenvalue weighted by Gasteiger charge is 2.40. The summed E-state index contributed by atoms with van der Waals surface area (Å²) in [4.78, 5) is 24.6. The van der Waals surface area contributed by atoms with Crippen LogP contribution in [0.3, 0.4) is 0 Å². The number of hydrogen-bond donors (Lipinski definition) is 2. The van der Waals surface area contributed by atoms with Gasteiger partial charge in [-0.2, -0.15) is 0 Å². The van der Waals surface area contributed by atoms with E-state index in [1.54, 1.807) is 13.0 Å². The lowest BCUT2D eigenvalue weighted by Crippen LogP contribution is -2.38. The Morgan fingerprint density at radius 1 is 1.11 bits per heavy atom. The molecule has 9 heteroatoms. The van der Waals surface area contributed by atoms with Crippen molar-refractivity contribution < 1.29 is 28.9 Å². The summed E-state index contributed by atoms with van der Waals surface area (Å²) in [5.41, 5.74) is 1.08. The first-order chi connectivity index (χ1) is 12.8. The van der Waals surface area contributed by atoms with Gasteiger partial charge in [-0.25, -0.2) is 9.59 Å². The number of hydrogen-bond acceptors (Lipinski definition) is 6. The summed E-state index contributed by atoms with van der Waals surface area (Å²) in [6, 6.07) is 4.66. The minimum absolute atomic E-state index is 0.0245. The van der Waals surface area contributed by atoms with Crippen LogP contribution in [0.4, 0.5) is 0 Å². The zero-order valence-electron chi connectivity index (χ0n) is 15.1. The Morgan fingerprint density at radius 3 is 2.22 bits per heavy atom. The summed E-state index contributed by atoms with van der Waals surface area (Å²) >= 11 is 12.1. The summed E-state index contributed by atoms with van der Waals surface area (Å²) in [5.74, 6) is -2.88. The lowest BCUT2D eigenvalue weighted by molar-refractivity contribution is -0.137. The molecule has 1 aromatic rings. The monoisotopic (exact) mass is 415 g/mol. The highest BCUT2D eigenvalue weighted by Crippen LogP contribution is 2.41. The van der Waals surface area contributed by atoms with Crippen LogP contribution >= 0.6 is 23.2 Å². The number of aliphatic carboxylic acids is 1. The fraction of sp³-hybridized carbons (Fsp3) is 0.333. The molecular formula is C18H19Cl2NO6. The van der Waals surface area contributed by atoms with E-state index in [1.807, 2.05) is 0 Å². The summed E-state index contributed by atoms with van der Waals surface area (Å²) in [6.45, 7) is 1.59. The third-order valence-electron chi connectivity index (χ3n) is 4.17. The van der Waals surface area contributed by atoms with Crippen molar-refractivity contribution in [1.29, 1.82) is 0 Å². The second-order valence-corrected chi connectivity index (χ2v) is 6.51. The van der Waals surface area contributed by atoms with E-state index in [0.717, 1.165) is 0 Å². The predicted octanol–water partition coefficient (Wildman–Crippen LogP) is 3.08. The number of benzene rings is 1. The van der Waals surface area contributed by atoms with Crippen LogP contribution in [-0.4, -0.2) is 44.7 Å². The third kappa shape index (κ3) is 4.11. The number of nitrogens with one attached hydrogen (secondary N) is 1. The molecule has 0 radical (unpaired) electrons. The molecule has 1 aliphatic heterocycles. The fourth-order valence-corrected chi connectivity index (χ4v) is 3.32. The number of carboxylic acids is 1. The van der Waals surface area contributed by atoms with Crippen molar-refractivity contribution in [3.8, 4) is 0 Å². The molecule has 0 fully saturated rings. The van der Waals surface area contributed by atoms with Crippen LogP contribution in [0, 0.1) is 0 Å². The molecular weight excluding hydrogens is 397 g/mol. The molecule has 1 heterocycles. The van der Waals surface area contributed by atoms with Crippen LogP contribution in [0.5, 0.6) is 0 Å². The van der Waals surface area contributed by atoms with E-state index < -0.39 is 24.1 Å². The van der Waals surface area contributed by atoms with E-state index in [4.69, 9.17) is 37.4 Å². The number of rotatable bonds is 6. The number of carboxylic acid groups (broad SMARTS) is 1. The Hall–Kier alpha value is -2.06. The molecule has 1 atom stereocenters. The number of allylic oxidation sites excluding steroid dienone is 1. The molecule has 1 aliphatic rings. The Morgan fingerprint density at radius 2 is 1.74 bits per heavy atom. The SMILES string of the molecule is COC(=O)C1=C(C(OC)OC)NC(C)=C(C(=O)O)C1c1ccc(Cl)c(Cl)c1. The van der Waals surface area contributed by atoms with E-state index in [1.165, 1.54) is 33.5 Å². The van der Waals surface area contributed by atoms with Crippen LogP contribution in [0.1, 0.15) is 18.4 Å². The zero-order valence-corrected chi connectivity index (χ0v) is 16.6. The Labute approximate surface area is 166 Å². The Balaban J connectivity index is 2.81. The molecule has 0 saturated heterocycles. The zero-order chi connectivity index (χ0) is 20.3. The van der Waals surface area contributed by atoms with Gasteiger partial charge >= 0.3 is 11.9 Å². The van der Waals surface area contributed by atoms with Crippen LogP contribution < -0.4 is 5.32 Å². The average molecular weight is 416 g/mol. The topological polar surface area (TPSA) is 94.1 Å². The van der Waals surface area contributed by atoms with Crippen molar-refractivity contribution in [2.45, 2.75) is 19.1 Å². The maximum absolute atomic E-state index is 12.6. The van der Waals surface area contributed by atoms with Crippen molar-refractivity contribution in [2.75, 3.05) is 21.3 Å². The minimum atomic E-state index is -1.19. The van der Waals surface area contributed by atoms with Crippen LogP contribution in [0.2, 0.25) is 10.0 Å². The lowest BCUT2D eigenvalue weighted by atomic mass is 9.80. The summed E-state index contributed by atoms with van der Waals surface area (Å²) in [5, 5.41) is 13.2. The molecule has 2 N–H and O–H groups in total. The number of methoxy groups -OCH3 is 3. The van der Waals surface area contributed by atoms with Gasteiger partial charge in [0.1, 0.15) is 0 Å². The highest BCUT2D eigenvalue weighted by atomic mass is 35.5. The van der Waals surface area contributed by atoms with Gasteiger partial charge in [0.15, 0.2) is 6.29 Å². The molecule has 2 rings (SSSR count). The van der Waals surface area contributed by atoms with E-state index in [9.17, 15) is 14.7 Å². The normalized spacial score (nSPS) is 17.2. The van der Waals surface area contributed by atoms with Gasteiger partial charge in [-0.1, -0.05) is 29.3 Å². The van der Waals surface area contributed by atoms with Gasteiger partial charge in [-0.3, -0.25) is 0 Å². The highest BCUT2D eigenvalue weighted by molar-refractivity contribution is 6.42. The van der Waals surface area contributed by atoms with Gasteiger partial charge in [0.25, 0.3) is 0 Å². The molecule has 0 saturated carbocycles. The molecule has 1 aromatic carbocycles. The van der Waals surface area contributed by atoms with Crippen molar-refractivity contribution in [2.24, 2.45) is 0 Å². The second kappa shape index (κ2) is 8.75. The van der Waals surface area contributed by atoms with Gasteiger partial charge in [0.2, 0.25) is 0 Å². The first-order valence-electron chi connectivity index (χ1n) is 7.80. The van der Waals surface area contributed by atoms with Crippen molar-refractivity contribution in [3.05, 3.63) is 56.3 Å². The van der Waals surface area contributed by atoms with Crippen molar-refractivity contribution in [1.82, 2.24) is 5.32 Å². The summed E-state index contributed by atoms with van der Waals surface area (Å²) in [6.07, 6.45) is -0.935. The summed E-state index contributed by atoms with van der Waals surface area (Å²) < 4.78 is 15.4. The average Bonchev–Trinajstić information content (AvgIpc) is 2.63. The number of dihydropyridines is 1. The molecule has 7 nitrogen and oxygen atoms in total. The molecule has 0 aliphatic carbocycles. The van der Waals surface area contributed by atoms with E-state index in [-0.39, 0.29) is 21.9 Å². The molecule has 0 aromatic heterocycles. The van der Waals surface area contributed by atoms with Gasteiger partial charge in [0.05, 0.1) is 39.9 Å². The van der Waals surface area contributed by atoms with Crippen molar-refractivity contribution in [3.63, 3.8) is 0 Å². The van der Waals surface area contributed by atoms with Gasteiger partial charge in [0, 0.05) is 19.9 Å². The largest absolute Gasteiger partial charge is 0.478 e. The number of carbonyl (C=O) groups excluding carboxylic acids is 1. The van der Waals surface area contributed by atoms with Crippen LogP contribution in [-0.2, 0) is 23.8 Å². The second-order valence-electron chi connectivity index (χ2n) is 5.70. The van der Waals surface area contributed by atoms with Gasteiger partial charge in [-0.15, -0.1) is 0 Å². The quantitative estimate of drug-likeness (QED) is 0.544. The van der Waals surface area contributed by atoms with Crippen molar-refractivity contribution >= 4 is 35.1 Å². The Bertz CT molecular complexity index is 829. The number of esters is 1. The summed E-state index contributed by atoms with van der Waals surface area (Å²) in [7, 11) is 4.01. The number of ether oxygens (including phenoxy) is 3. The molecule has 0 spiro atoms. The van der Waals surface area contributed by atoms with E-state index >= 15 is 0 Å². The van der Waals surface area contributed by atoms with E-state index in [0.29, 0.717) is 16.3 Å². The van der Waals surface area contributed by atoms with Gasteiger partial charge in [-0.05, 0) is 24.6 Å². The molecule has 1 unspecified atom stereocenters. The van der Waals surface area contributed by atoms with Crippen LogP contribution in [0.15, 0.2) is 40.7 Å². The Kier molecular flexibility index (Phi) is 6.89. The van der Waals surface area contributed by atoms with Crippen LogP contribution in [0.25, 0.3) is 0 Å². The molecule has 0 amide bonds. The van der Waals surface area contributed by atoms with Gasteiger partial charge < -0.3 is 24.6 Å². The lowest BCUT2D eigenvalue weighted by Gasteiger charge is -2.33. The molecule has 0 bridgehead atoms. The number of halogens is 2. The maximum Gasteiger partial charge on any atom is 0.336 e. The predicted molar refractivity (Wildman–Crippen MR) is 99.5 cm³/mol. The first-order valence-corrected chi connectivity index (χ1v) is 8.56. The minimum Gasteiger partial charge on any atom is -0.478 e. The standard InChI is InChI=1S/C18H19Cl2NO6/c1-8-12(16(22)23)13(9-5-6-10(19)11(20)7-9)14(17(24)25-2)15(21-8)18(26-3)27-4/h5-7,13,18,21H,1-4H3,(H,22,23). The van der Waals surface area contributed by atoms with E-state index in [2.05, 4.69) is 5.32 Å². The maximum atomic E-state index is 12.6. The number of carbonyl (C=O) groups is 2. The fourth-order valence-electron chi connectivity index (χ4n) is 3.02.